The molecule has 0 saturated carbocycles. The summed E-state index contributed by atoms with van der Waals surface area (Å²) < 4.78 is 5.72. The van der Waals surface area contributed by atoms with Crippen LogP contribution in [0.2, 0.25) is 0 Å². The highest BCUT2D eigenvalue weighted by molar-refractivity contribution is 5.97. The number of amides is 1. The Morgan fingerprint density at radius 2 is 2.16 bits per heavy atom. The molecule has 5 heteroatoms. The molecule has 0 radical (unpaired) electrons. The number of likely N-dealkylation sites (tertiary alicyclic amines) is 1. The van der Waals surface area contributed by atoms with Crippen LogP contribution < -0.4 is 15.8 Å². The molecule has 1 saturated heterocycles. The molecule has 1 fully saturated rings. The molecule has 3 N–H and O–H groups in total. The van der Waals surface area contributed by atoms with Crippen LogP contribution in [-0.2, 0) is 0 Å². The molecule has 1 aromatic rings. The van der Waals surface area contributed by atoms with Crippen LogP contribution >= 0.6 is 0 Å². The third kappa shape index (κ3) is 3.61. The van der Waals surface area contributed by atoms with Gasteiger partial charge in [-0.3, -0.25) is 9.69 Å². The van der Waals surface area contributed by atoms with Crippen LogP contribution in [0.15, 0.2) is 18.2 Å². The van der Waals surface area contributed by atoms with Crippen LogP contribution in [0.25, 0.3) is 0 Å². The number of hydrogen-bond acceptors (Lipinski definition) is 4. The van der Waals surface area contributed by atoms with E-state index < -0.39 is 0 Å². The van der Waals surface area contributed by atoms with E-state index in [0.29, 0.717) is 23.6 Å². The van der Waals surface area contributed by atoms with Gasteiger partial charge in [0.2, 0.25) is 0 Å². The molecule has 0 atom stereocenters. The van der Waals surface area contributed by atoms with Crippen LogP contribution in [0.1, 0.15) is 23.2 Å². The van der Waals surface area contributed by atoms with Gasteiger partial charge in [0.1, 0.15) is 12.4 Å². The van der Waals surface area contributed by atoms with E-state index in [1.807, 2.05) is 0 Å². The molecule has 0 aromatic heterocycles. The Morgan fingerprint density at radius 1 is 1.42 bits per heavy atom. The van der Waals surface area contributed by atoms with Gasteiger partial charge in [0.05, 0.1) is 5.56 Å². The summed E-state index contributed by atoms with van der Waals surface area (Å²) in [4.78, 5) is 14.1. The largest absolute Gasteiger partial charge is 0.491 e. The predicted octanol–water partition coefficient (Wildman–Crippen LogP) is 1.10. The quantitative estimate of drug-likeness (QED) is 0.781. The first-order valence-electron chi connectivity index (χ1n) is 6.67. The van der Waals surface area contributed by atoms with Crippen molar-refractivity contribution in [2.45, 2.75) is 12.8 Å². The summed E-state index contributed by atoms with van der Waals surface area (Å²) >= 11 is 0. The number of carbonyl (C=O) groups excluding carboxylic acids is 1. The van der Waals surface area contributed by atoms with Crippen molar-refractivity contribution in [3.63, 3.8) is 0 Å². The normalized spacial score (nSPS) is 15.4. The van der Waals surface area contributed by atoms with E-state index in [0.717, 1.165) is 19.6 Å². The number of nitrogens with two attached hydrogens (primary N) is 1. The standard InChI is InChI=1S/C14H21N3O2/c1-16-14(18)12-5-4-11(15)10-13(12)19-9-8-17-6-2-3-7-17/h4-5,10H,2-3,6-9,15H2,1H3,(H,16,18). The SMILES string of the molecule is CNC(=O)c1ccc(N)cc1OCCN1CCCC1. The minimum atomic E-state index is -0.156. The predicted molar refractivity (Wildman–Crippen MR) is 75.4 cm³/mol. The zero-order valence-electron chi connectivity index (χ0n) is 11.3. The second-order valence-electron chi connectivity index (χ2n) is 4.73. The number of hydrogen-bond donors (Lipinski definition) is 2. The summed E-state index contributed by atoms with van der Waals surface area (Å²) in [5.74, 6) is 0.398. The Morgan fingerprint density at radius 3 is 2.84 bits per heavy atom. The Labute approximate surface area is 113 Å². The summed E-state index contributed by atoms with van der Waals surface area (Å²) in [6, 6.07) is 5.10. The van der Waals surface area contributed by atoms with E-state index in [-0.39, 0.29) is 5.91 Å². The average Bonchev–Trinajstić information content (AvgIpc) is 2.91. The smallest absolute Gasteiger partial charge is 0.254 e. The van der Waals surface area contributed by atoms with Crippen molar-refractivity contribution in [3.8, 4) is 5.75 Å². The van der Waals surface area contributed by atoms with Crippen LogP contribution in [0, 0.1) is 0 Å². The van der Waals surface area contributed by atoms with Gasteiger partial charge in [0.25, 0.3) is 5.91 Å². The lowest BCUT2D eigenvalue weighted by Crippen LogP contribution is -2.26. The Hall–Kier alpha value is -1.75. The Bertz CT molecular complexity index is 442. The average molecular weight is 263 g/mol. The lowest BCUT2D eigenvalue weighted by Gasteiger charge is -2.16. The molecule has 104 valence electrons. The fraction of sp³-hybridized carbons (Fsp3) is 0.500. The van der Waals surface area contributed by atoms with Gasteiger partial charge < -0.3 is 15.8 Å². The fourth-order valence-corrected chi connectivity index (χ4v) is 2.27. The molecule has 0 spiro atoms. The van der Waals surface area contributed by atoms with Crippen molar-refractivity contribution in [2.75, 3.05) is 39.0 Å². The maximum absolute atomic E-state index is 11.7. The van der Waals surface area contributed by atoms with Gasteiger partial charge in [0.15, 0.2) is 0 Å². The number of ether oxygens (including phenoxy) is 1. The first-order valence-corrected chi connectivity index (χ1v) is 6.67. The first-order chi connectivity index (χ1) is 9.20. The summed E-state index contributed by atoms with van der Waals surface area (Å²) in [5.41, 5.74) is 6.87. The molecule has 1 aliphatic heterocycles. The highest BCUT2D eigenvalue weighted by Gasteiger charge is 2.14. The molecule has 19 heavy (non-hydrogen) atoms. The number of nitrogens with one attached hydrogen (secondary N) is 1. The van der Waals surface area contributed by atoms with Crippen LogP contribution in [-0.4, -0.2) is 44.1 Å². The van der Waals surface area contributed by atoms with E-state index in [2.05, 4.69) is 10.2 Å². The molecule has 1 aromatic carbocycles. The zero-order valence-corrected chi connectivity index (χ0v) is 11.3. The van der Waals surface area contributed by atoms with Crippen molar-refractivity contribution in [1.82, 2.24) is 10.2 Å². The maximum atomic E-state index is 11.7. The van der Waals surface area contributed by atoms with E-state index in [1.54, 1.807) is 25.2 Å². The molecular formula is C14H21N3O2. The molecule has 1 heterocycles. The van der Waals surface area contributed by atoms with Crippen molar-refractivity contribution in [2.24, 2.45) is 0 Å². The zero-order chi connectivity index (χ0) is 13.7. The van der Waals surface area contributed by atoms with Gasteiger partial charge in [-0.1, -0.05) is 0 Å². The van der Waals surface area contributed by atoms with Crippen molar-refractivity contribution in [1.29, 1.82) is 0 Å². The Kier molecular flexibility index (Phi) is 4.63. The minimum absolute atomic E-state index is 0.156. The minimum Gasteiger partial charge on any atom is -0.491 e. The highest BCUT2D eigenvalue weighted by Crippen LogP contribution is 2.22. The molecule has 2 rings (SSSR count). The molecule has 1 amide bonds. The van der Waals surface area contributed by atoms with E-state index >= 15 is 0 Å². The molecule has 5 nitrogen and oxygen atoms in total. The molecular weight excluding hydrogens is 242 g/mol. The number of benzene rings is 1. The molecule has 0 bridgehead atoms. The van der Waals surface area contributed by atoms with Crippen LogP contribution in [0.4, 0.5) is 5.69 Å². The van der Waals surface area contributed by atoms with Crippen LogP contribution in [0.5, 0.6) is 5.75 Å². The van der Waals surface area contributed by atoms with E-state index in [1.165, 1.54) is 12.8 Å². The third-order valence-electron chi connectivity index (χ3n) is 3.34. The summed E-state index contributed by atoms with van der Waals surface area (Å²) in [6.07, 6.45) is 2.53. The molecule has 0 aliphatic carbocycles. The topological polar surface area (TPSA) is 67.6 Å². The third-order valence-corrected chi connectivity index (χ3v) is 3.34. The van der Waals surface area contributed by atoms with Gasteiger partial charge in [-0.25, -0.2) is 0 Å². The number of nitrogen functional groups attached to an aromatic ring is 1. The summed E-state index contributed by atoms with van der Waals surface area (Å²) in [7, 11) is 1.60. The maximum Gasteiger partial charge on any atom is 0.254 e. The lowest BCUT2D eigenvalue weighted by atomic mass is 10.1. The van der Waals surface area contributed by atoms with Gasteiger partial charge >= 0.3 is 0 Å². The number of rotatable bonds is 5. The summed E-state index contributed by atoms with van der Waals surface area (Å²) in [6.45, 7) is 3.75. The molecule has 1 aliphatic rings. The number of anilines is 1. The molecule has 0 unspecified atom stereocenters. The number of nitrogens with zero attached hydrogens (tertiary/aromatic N) is 1. The van der Waals surface area contributed by atoms with Gasteiger partial charge in [-0.05, 0) is 38.1 Å². The monoisotopic (exact) mass is 263 g/mol. The van der Waals surface area contributed by atoms with Gasteiger partial charge in [0, 0.05) is 25.3 Å². The Balaban J connectivity index is 1.97. The van der Waals surface area contributed by atoms with Crippen molar-refractivity contribution < 1.29 is 9.53 Å². The van der Waals surface area contributed by atoms with Gasteiger partial charge in [-0.15, -0.1) is 0 Å². The van der Waals surface area contributed by atoms with E-state index in [9.17, 15) is 4.79 Å². The van der Waals surface area contributed by atoms with Crippen molar-refractivity contribution in [3.05, 3.63) is 23.8 Å². The summed E-state index contributed by atoms with van der Waals surface area (Å²) in [5, 5.41) is 2.60. The first kappa shape index (κ1) is 13.7. The highest BCUT2D eigenvalue weighted by atomic mass is 16.5. The van der Waals surface area contributed by atoms with Crippen molar-refractivity contribution >= 4 is 11.6 Å². The lowest BCUT2D eigenvalue weighted by molar-refractivity contribution is 0.0958. The fourth-order valence-electron chi connectivity index (χ4n) is 2.27. The van der Waals surface area contributed by atoms with E-state index in [4.69, 9.17) is 10.5 Å². The number of carbonyl (C=O) groups is 1. The van der Waals surface area contributed by atoms with Crippen LogP contribution in [0.3, 0.4) is 0 Å². The second kappa shape index (κ2) is 6.43. The second-order valence-corrected chi connectivity index (χ2v) is 4.73. The van der Waals surface area contributed by atoms with Gasteiger partial charge in [-0.2, -0.15) is 0 Å².